The smallest absolute Gasteiger partial charge is 0.252 e. The number of nitrogens with one attached hydrogen (secondary N) is 1. The number of aromatic nitrogens is 3. The van der Waals surface area contributed by atoms with Crippen LogP contribution in [-0.4, -0.2) is 75.1 Å². The first-order valence-corrected chi connectivity index (χ1v) is 16.9. The molecule has 0 spiro atoms. The third-order valence-electron chi connectivity index (χ3n) is 9.97. The monoisotopic (exact) mass is 606 g/mol. The van der Waals surface area contributed by atoms with Crippen LogP contribution in [0.1, 0.15) is 62.2 Å². The van der Waals surface area contributed by atoms with E-state index in [1.54, 1.807) is 0 Å². The van der Waals surface area contributed by atoms with Gasteiger partial charge in [0.05, 0.1) is 21.7 Å². The van der Waals surface area contributed by atoms with Crippen LogP contribution in [0.2, 0.25) is 0 Å². The van der Waals surface area contributed by atoms with Crippen LogP contribution >= 0.6 is 11.3 Å². The molecule has 0 bridgehead atoms. The second kappa shape index (κ2) is 11.0. The van der Waals surface area contributed by atoms with Gasteiger partial charge in [0.2, 0.25) is 5.78 Å². The number of amides is 1. The lowest BCUT2D eigenvalue weighted by Crippen LogP contribution is -2.46. The van der Waals surface area contributed by atoms with E-state index in [1.165, 1.54) is 22.4 Å². The number of carbonyl (C=O) groups excluding carboxylic acids is 2. The van der Waals surface area contributed by atoms with Gasteiger partial charge in [-0.25, -0.2) is 0 Å². The number of nitrogens with zero attached hydrogens (tertiary/aromatic N) is 5. The van der Waals surface area contributed by atoms with Crippen molar-refractivity contribution < 1.29 is 9.59 Å². The molecule has 2 aliphatic heterocycles. The molecule has 0 radical (unpaired) electrons. The number of benzene rings is 2. The topological polar surface area (TPSA) is 75.4 Å². The fourth-order valence-electron chi connectivity index (χ4n) is 7.77. The number of unbranched alkanes of at least 4 members (excludes halogenated alkanes) is 1. The van der Waals surface area contributed by atoms with Gasteiger partial charge in [0.1, 0.15) is 0 Å². The molecular formula is C35H38N6O2S. The van der Waals surface area contributed by atoms with Crippen LogP contribution in [0, 0.1) is 0 Å². The van der Waals surface area contributed by atoms with Crippen molar-refractivity contribution >= 4 is 44.8 Å². The van der Waals surface area contributed by atoms with Crippen molar-refractivity contribution in [2.75, 3.05) is 39.3 Å². The minimum absolute atomic E-state index is 0.00950. The minimum Gasteiger partial charge on any atom is -0.348 e. The van der Waals surface area contributed by atoms with Crippen molar-refractivity contribution in [2.24, 2.45) is 7.05 Å². The maximum atomic E-state index is 13.5. The Kier molecular flexibility index (Phi) is 6.92. The summed E-state index contributed by atoms with van der Waals surface area (Å²) in [7, 11) is 1.96. The Balaban J connectivity index is 1.25. The van der Waals surface area contributed by atoms with Crippen molar-refractivity contribution in [3.05, 3.63) is 74.7 Å². The molecule has 8 nitrogen and oxygen atoms in total. The number of likely N-dealkylation sites (N-methyl/N-ethyl adjacent to an activating group) is 1. The van der Waals surface area contributed by atoms with Crippen LogP contribution in [0.4, 0.5) is 0 Å². The first-order chi connectivity index (χ1) is 21.5. The van der Waals surface area contributed by atoms with E-state index in [-0.39, 0.29) is 11.7 Å². The highest BCUT2D eigenvalue weighted by Gasteiger charge is 2.35. The van der Waals surface area contributed by atoms with Crippen LogP contribution in [0.25, 0.3) is 32.9 Å². The van der Waals surface area contributed by atoms with Crippen LogP contribution in [0.3, 0.4) is 0 Å². The molecule has 226 valence electrons. The summed E-state index contributed by atoms with van der Waals surface area (Å²) in [6.07, 6.45) is 5.99. The summed E-state index contributed by atoms with van der Waals surface area (Å²) < 4.78 is 4.38. The highest BCUT2D eigenvalue weighted by Crippen LogP contribution is 2.47. The standard InChI is InChI=1S/C35H38N6O2S/c1-3-39-14-16-40(17-15-39)12-4-5-13-41-28-11-8-22(34(42)29-7-6-18-44-29)19-24(28)31-25-20-36-35(43)32(25)30-23(33(31)41)9-10-27-26(30)21-38(2)37-27/h6-8,11,18-19,21H,3-5,9-10,12-17,20H2,1-2H3,(H,36,43). The van der Waals surface area contributed by atoms with Gasteiger partial charge in [-0.1, -0.05) is 13.0 Å². The molecule has 0 unspecified atom stereocenters. The molecule has 1 saturated heterocycles. The lowest BCUT2D eigenvalue weighted by molar-refractivity contribution is 0.0965. The second-order valence-electron chi connectivity index (χ2n) is 12.4. The summed E-state index contributed by atoms with van der Waals surface area (Å²) in [6, 6.07) is 10.0. The van der Waals surface area contributed by atoms with E-state index in [0.29, 0.717) is 12.1 Å². The van der Waals surface area contributed by atoms with Crippen molar-refractivity contribution in [1.29, 1.82) is 0 Å². The predicted molar refractivity (Wildman–Crippen MR) is 176 cm³/mol. The van der Waals surface area contributed by atoms with E-state index in [2.05, 4.69) is 44.9 Å². The van der Waals surface area contributed by atoms with Gasteiger partial charge in [0.25, 0.3) is 5.91 Å². The van der Waals surface area contributed by atoms with E-state index < -0.39 is 0 Å². The molecule has 3 aliphatic rings. The molecule has 5 aromatic rings. The molecule has 8 rings (SSSR count). The van der Waals surface area contributed by atoms with Crippen molar-refractivity contribution in [3.8, 4) is 11.1 Å². The lowest BCUT2D eigenvalue weighted by Gasteiger charge is -2.34. The fraction of sp³-hybridized carbons (Fsp3) is 0.400. The van der Waals surface area contributed by atoms with E-state index >= 15 is 0 Å². The summed E-state index contributed by atoms with van der Waals surface area (Å²) in [5.74, 6) is 0.0412. The maximum Gasteiger partial charge on any atom is 0.252 e. The van der Waals surface area contributed by atoms with Gasteiger partial charge in [-0.05, 0) is 79.5 Å². The number of carbonyl (C=O) groups is 2. The average Bonchev–Trinajstić information content (AvgIpc) is 3.84. The van der Waals surface area contributed by atoms with Gasteiger partial charge < -0.3 is 19.7 Å². The van der Waals surface area contributed by atoms with Crippen LogP contribution in [0.5, 0.6) is 0 Å². The largest absolute Gasteiger partial charge is 0.348 e. The lowest BCUT2D eigenvalue weighted by atomic mass is 9.82. The summed E-state index contributed by atoms with van der Waals surface area (Å²) in [4.78, 5) is 32.8. The quantitative estimate of drug-likeness (QED) is 0.193. The molecule has 1 amide bonds. The van der Waals surface area contributed by atoms with Crippen LogP contribution in [-0.2, 0) is 33.0 Å². The highest BCUT2D eigenvalue weighted by atomic mass is 32.1. The third-order valence-corrected chi connectivity index (χ3v) is 10.8. The normalized spacial score (nSPS) is 16.8. The Labute approximate surface area is 261 Å². The zero-order valence-corrected chi connectivity index (χ0v) is 26.3. The van der Waals surface area contributed by atoms with E-state index in [4.69, 9.17) is 5.10 Å². The summed E-state index contributed by atoms with van der Waals surface area (Å²) in [5, 5.41) is 12.1. The first-order valence-electron chi connectivity index (χ1n) is 16.0. The fourth-order valence-corrected chi connectivity index (χ4v) is 8.46. The van der Waals surface area contributed by atoms with Crippen molar-refractivity contribution in [3.63, 3.8) is 0 Å². The van der Waals surface area contributed by atoms with Crippen molar-refractivity contribution in [1.82, 2.24) is 29.5 Å². The van der Waals surface area contributed by atoms with Gasteiger partial charge in [0.15, 0.2) is 0 Å². The van der Waals surface area contributed by atoms with Gasteiger partial charge in [-0.3, -0.25) is 14.3 Å². The number of rotatable bonds is 8. The summed E-state index contributed by atoms with van der Waals surface area (Å²) in [6.45, 7) is 10.5. The SMILES string of the molecule is CCN1CCN(CCCCn2c3ccc(C(=O)c4cccs4)cc3c3c4c(c5c(c32)CCc2nn(C)cc2-5)C(=O)NC4)CC1. The van der Waals surface area contributed by atoms with Crippen molar-refractivity contribution in [2.45, 2.75) is 45.7 Å². The molecule has 0 saturated carbocycles. The number of fused-ring (bicyclic) bond motifs is 10. The Morgan fingerprint density at radius 1 is 1.00 bits per heavy atom. The number of ketones is 1. The minimum atomic E-state index is -0.00950. The Bertz CT molecular complexity index is 1930. The van der Waals surface area contributed by atoms with Crippen LogP contribution in [0.15, 0.2) is 41.9 Å². The second-order valence-corrected chi connectivity index (χ2v) is 13.4. The summed E-state index contributed by atoms with van der Waals surface area (Å²) in [5.41, 5.74) is 9.38. The van der Waals surface area contributed by atoms with Gasteiger partial charge in [-0.15, -0.1) is 11.3 Å². The van der Waals surface area contributed by atoms with E-state index in [0.717, 1.165) is 121 Å². The molecule has 3 aromatic heterocycles. The number of piperazine rings is 1. The zero-order valence-electron chi connectivity index (χ0n) is 25.5. The molecule has 2 aromatic carbocycles. The molecule has 1 aliphatic carbocycles. The predicted octanol–water partition coefficient (Wildman–Crippen LogP) is 5.25. The molecular weight excluding hydrogens is 568 g/mol. The first kappa shape index (κ1) is 27.7. The molecule has 1 fully saturated rings. The van der Waals surface area contributed by atoms with E-state index in [1.807, 2.05) is 35.3 Å². The molecule has 0 atom stereocenters. The van der Waals surface area contributed by atoms with Gasteiger partial charge in [-0.2, -0.15) is 5.10 Å². The zero-order chi connectivity index (χ0) is 29.9. The van der Waals surface area contributed by atoms with E-state index in [9.17, 15) is 9.59 Å². The third kappa shape index (κ3) is 4.44. The summed E-state index contributed by atoms with van der Waals surface area (Å²) >= 11 is 1.48. The number of thiophene rings is 1. The molecule has 9 heteroatoms. The highest BCUT2D eigenvalue weighted by molar-refractivity contribution is 7.12. The Morgan fingerprint density at radius 3 is 2.61 bits per heavy atom. The number of hydrogen-bond donors (Lipinski definition) is 1. The Morgan fingerprint density at radius 2 is 1.82 bits per heavy atom. The molecule has 1 N–H and O–H groups in total. The number of hydrogen-bond acceptors (Lipinski definition) is 6. The average molecular weight is 607 g/mol. The van der Waals surface area contributed by atoms with Gasteiger partial charge >= 0.3 is 0 Å². The number of aryl methyl sites for hydroxylation is 4. The molecule has 44 heavy (non-hydrogen) atoms. The Hall–Kier alpha value is -3.79. The molecule has 5 heterocycles. The van der Waals surface area contributed by atoms with Crippen LogP contribution < -0.4 is 5.32 Å². The van der Waals surface area contributed by atoms with Gasteiger partial charge in [0, 0.05) is 85.5 Å². The maximum absolute atomic E-state index is 13.5.